The topological polar surface area (TPSA) is 61.9 Å². The van der Waals surface area contributed by atoms with E-state index >= 15 is 0 Å². The summed E-state index contributed by atoms with van der Waals surface area (Å²) in [5.74, 6) is 0.157. The summed E-state index contributed by atoms with van der Waals surface area (Å²) in [5, 5.41) is 3.85. The van der Waals surface area contributed by atoms with Gasteiger partial charge in [0.05, 0.1) is 6.04 Å². The van der Waals surface area contributed by atoms with E-state index in [0.717, 1.165) is 51.7 Å². The summed E-state index contributed by atoms with van der Waals surface area (Å²) < 4.78 is 5.74. The highest BCUT2D eigenvalue weighted by Gasteiger charge is 2.37. The highest BCUT2D eigenvalue weighted by Crippen LogP contribution is 2.25. The normalized spacial score (nSPS) is 23.3. The number of carbonyl (C=O) groups excluding carboxylic acids is 2. The largest absolute Gasteiger partial charge is 0.444 e. The summed E-state index contributed by atoms with van der Waals surface area (Å²) in [7, 11) is 0. The first-order valence-electron chi connectivity index (χ1n) is 11.3. The summed E-state index contributed by atoms with van der Waals surface area (Å²) in [6, 6.07) is 11.0. The molecule has 6 heteroatoms. The molecule has 1 aromatic rings. The zero-order chi connectivity index (χ0) is 21.7. The van der Waals surface area contributed by atoms with Crippen LogP contribution in [-0.2, 0) is 16.0 Å². The molecule has 0 bridgehead atoms. The van der Waals surface area contributed by atoms with Gasteiger partial charge >= 0.3 is 6.09 Å². The fraction of sp³-hybridized carbons (Fsp3) is 0.667. The van der Waals surface area contributed by atoms with Gasteiger partial charge in [0.15, 0.2) is 0 Å². The first-order chi connectivity index (χ1) is 14.2. The molecule has 2 fully saturated rings. The lowest BCUT2D eigenvalue weighted by Crippen LogP contribution is -2.60. The third-order valence-corrected chi connectivity index (χ3v) is 6.08. The molecular formula is C24H37N3O3. The Morgan fingerprint density at radius 3 is 2.33 bits per heavy atom. The van der Waals surface area contributed by atoms with E-state index in [1.165, 1.54) is 5.56 Å². The van der Waals surface area contributed by atoms with Crippen molar-refractivity contribution in [3.8, 4) is 0 Å². The first-order valence-corrected chi connectivity index (χ1v) is 11.3. The van der Waals surface area contributed by atoms with Crippen molar-refractivity contribution >= 4 is 12.0 Å². The second-order valence-corrected chi connectivity index (χ2v) is 9.63. The SMILES string of the molecule is CC(=O)N1CCC(NC2CCCN(C(=O)OC(C)(C)C)C2Cc2ccccc2)CC1. The van der Waals surface area contributed by atoms with Crippen molar-refractivity contribution in [1.29, 1.82) is 0 Å². The van der Waals surface area contributed by atoms with Crippen molar-refractivity contribution in [2.45, 2.75) is 83.5 Å². The van der Waals surface area contributed by atoms with E-state index in [0.29, 0.717) is 6.04 Å². The fourth-order valence-corrected chi connectivity index (χ4v) is 4.57. The van der Waals surface area contributed by atoms with Crippen LogP contribution in [0.25, 0.3) is 0 Å². The molecule has 2 aliphatic heterocycles. The molecule has 30 heavy (non-hydrogen) atoms. The van der Waals surface area contributed by atoms with Gasteiger partial charge in [-0.25, -0.2) is 4.79 Å². The minimum absolute atomic E-state index is 0.0573. The maximum Gasteiger partial charge on any atom is 0.410 e. The Kier molecular flexibility index (Phi) is 7.40. The zero-order valence-electron chi connectivity index (χ0n) is 18.9. The molecule has 3 rings (SSSR count). The fourth-order valence-electron chi connectivity index (χ4n) is 4.57. The Bertz CT molecular complexity index is 708. The van der Waals surface area contributed by atoms with Gasteiger partial charge in [0.25, 0.3) is 0 Å². The second-order valence-electron chi connectivity index (χ2n) is 9.63. The molecule has 1 N–H and O–H groups in total. The van der Waals surface area contributed by atoms with Gasteiger partial charge in [-0.2, -0.15) is 0 Å². The van der Waals surface area contributed by atoms with Gasteiger partial charge in [-0.05, 0) is 58.4 Å². The summed E-state index contributed by atoms with van der Waals surface area (Å²) >= 11 is 0. The van der Waals surface area contributed by atoms with Gasteiger partial charge in [-0.1, -0.05) is 30.3 Å². The summed E-state index contributed by atoms with van der Waals surface area (Å²) in [6.07, 6.45) is 4.52. The molecule has 2 unspecified atom stereocenters. The number of carbonyl (C=O) groups is 2. The molecule has 2 aliphatic rings. The van der Waals surface area contributed by atoms with E-state index in [-0.39, 0.29) is 24.1 Å². The number of rotatable bonds is 4. The van der Waals surface area contributed by atoms with Gasteiger partial charge in [0.1, 0.15) is 5.60 Å². The quantitative estimate of drug-likeness (QED) is 0.816. The van der Waals surface area contributed by atoms with E-state index in [1.807, 2.05) is 36.6 Å². The van der Waals surface area contributed by atoms with Crippen LogP contribution in [0.4, 0.5) is 4.79 Å². The number of amides is 2. The molecule has 1 aromatic carbocycles. The van der Waals surface area contributed by atoms with Gasteiger partial charge in [-0.15, -0.1) is 0 Å². The molecule has 0 aliphatic carbocycles. The first kappa shape index (κ1) is 22.6. The Labute approximate surface area is 180 Å². The molecule has 0 saturated carbocycles. The Hall–Kier alpha value is -2.08. The molecular weight excluding hydrogens is 378 g/mol. The average Bonchev–Trinajstić information content (AvgIpc) is 2.69. The van der Waals surface area contributed by atoms with E-state index in [1.54, 1.807) is 6.92 Å². The molecule has 2 saturated heterocycles. The van der Waals surface area contributed by atoms with Gasteiger partial charge in [-0.3, -0.25) is 4.79 Å². The van der Waals surface area contributed by atoms with Crippen LogP contribution >= 0.6 is 0 Å². The molecule has 2 atom stereocenters. The van der Waals surface area contributed by atoms with E-state index in [2.05, 4.69) is 29.6 Å². The predicted octanol–water partition coefficient (Wildman–Crippen LogP) is 3.60. The minimum Gasteiger partial charge on any atom is -0.444 e. The van der Waals surface area contributed by atoms with E-state index in [4.69, 9.17) is 4.74 Å². The van der Waals surface area contributed by atoms with E-state index in [9.17, 15) is 9.59 Å². The number of hydrogen-bond acceptors (Lipinski definition) is 4. The smallest absolute Gasteiger partial charge is 0.410 e. The lowest BCUT2D eigenvalue weighted by molar-refractivity contribution is -0.130. The van der Waals surface area contributed by atoms with Crippen LogP contribution in [-0.4, -0.2) is 65.2 Å². The highest BCUT2D eigenvalue weighted by molar-refractivity contribution is 5.73. The van der Waals surface area contributed by atoms with E-state index < -0.39 is 5.60 Å². The van der Waals surface area contributed by atoms with Crippen LogP contribution in [0.2, 0.25) is 0 Å². The molecule has 0 aromatic heterocycles. The third kappa shape index (κ3) is 6.21. The predicted molar refractivity (Wildman–Crippen MR) is 118 cm³/mol. The van der Waals surface area contributed by atoms with Crippen LogP contribution in [0.15, 0.2) is 30.3 Å². The maximum atomic E-state index is 13.0. The van der Waals surface area contributed by atoms with Crippen LogP contribution in [0.1, 0.15) is 58.9 Å². The van der Waals surface area contributed by atoms with Crippen LogP contribution < -0.4 is 5.32 Å². The Morgan fingerprint density at radius 2 is 1.73 bits per heavy atom. The summed E-state index contributed by atoms with van der Waals surface area (Å²) in [6.45, 7) is 9.73. The third-order valence-electron chi connectivity index (χ3n) is 6.08. The standard InChI is InChI=1S/C24H37N3O3/c1-18(28)26-15-12-20(13-16-26)25-21-11-8-14-27(23(29)30-24(2,3)4)22(21)17-19-9-6-5-7-10-19/h5-7,9-10,20-22,25H,8,11-17H2,1-4H3. The lowest BCUT2D eigenvalue weighted by Gasteiger charge is -2.44. The van der Waals surface area contributed by atoms with Gasteiger partial charge < -0.3 is 19.9 Å². The Balaban J connectivity index is 1.72. The van der Waals surface area contributed by atoms with Crippen LogP contribution in [0, 0.1) is 0 Å². The Morgan fingerprint density at radius 1 is 1.07 bits per heavy atom. The second kappa shape index (κ2) is 9.82. The van der Waals surface area contributed by atoms with Crippen molar-refractivity contribution in [3.05, 3.63) is 35.9 Å². The summed E-state index contributed by atoms with van der Waals surface area (Å²) in [5.41, 5.74) is 0.727. The van der Waals surface area contributed by atoms with Crippen molar-refractivity contribution < 1.29 is 14.3 Å². The monoisotopic (exact) mass is 415 g/mol. The van der Waals surface area contributed by atoms with Crippen molar-refractivity contribution in [3.63, 3.8) is 0 Å². The molecule has 166 valence electrons. The average molecular weight is 416 g/mol. The number of piperidine rings is 2. The number of benzene rings is 1. The number of hydrogen-bond donors (Lipinski definition) is 1. The number of likely N-dealkylation sites (tertiary alicyclic amines) is 2. The van der Waals surface area contributed by atoms with Gasteiger partial charge in [0.2, 0.25) is 5.91 Å². The van der Waals surface area contributed by atoms with Crippen LogP contribution in [0.5, 0.6) is 0 Å². The molecule has 6 nitrogen and oxygen atoms in total. The molecule has 2 heterocycles. The number of nitrogens with one attached hydrogen (secondary N) is 1. The van der Waals surface area contributed by atoms with Crippen molar-refractivity contribution in [2.24, 2.45) is 0 Å². The molecule has 2 amide bonds. The highest BCUT2D eigenvalue weighted by atomic mass is 16.6. The molecule has 0 radical (unpaired) electrons. The molecule has 0 spiro atoms. The number of ether oxygens (including phenoxy) is 1. The van der Waals surface area contributed by atoms with Crippen molar-refractivity contribution in [2.75, 3.05) is 19.6 Å². The zero-order valence-corrected chi connectivity index (χ0v) is 18.9. The van der Waals surface area contributed by atoms with Crippen molar-refractivity contribution in [1.82, 2.24) is 15.1 Å². The minimum atomic E-state index is -0.506. The van der Waals surface area contributed by atoms with Crippen LogP contribution in [0.3, 0.4) is 0 Å². The lowest BCUT2D eigenvalue weighted by atomic mass is 9.89. The summed E-state index contributed by atoms with van der Waals surface area (Å²) in [4.78, 5) is 28.5. The number of nitrogens with zero attached hydrogens (tertiary/aromatic N) is 2. The maximum absolute atomic E-state index is 13.0. The van der Waals surface area contributed by atoms with Gasteiger partial charge in [0, 0.05) is 38.6 Å².